The number of nitrogens with zero attached hydrogens (tertiary/aromatic N) is 2. The van der Waals surface area contributed by atoms with Crippen molar-refractivity contribution < 1.29 is 14.3 Å². The van der Waals surface area contributed by atoms with Crippen molar-refractivity contribution in [1.82, 2.24) is 15.1 Å². The van der Waals surface area contributed by atoms with Gasteiger partial charge in [-0.25, -0.2) is 0 Å². The molecule has 0 aromatic heterocycles. The molecule has 2 saturated heterocycles. The van der Waals surface area contributed by atoms with Crippen molar-refractivity contribution >= 4 is 11.8 Å². The Kier molecular flexibility index (Phi) is 4.72. The Labute approximate surface area is 160 Å². The predicted molar refractivity (Wildman–Crippen MR) is 103 cm³/mol. The van der Waals surface area contributed by atoms with Crippen LogP contribution in [0.3, 0.4) is 0 Å². The summed E-state index contributed by atoms with van der Waals surface area (Å²) in [6, 6.07) is 5.65. The number of amides is 2. The summed E-state index contributed by atoms with van der Waals surface area (Å²) < 4.78 is 6.13. The maximum Gasteiger partial charge on any atom is 0.254 e. The van der Waals surface area contributed by atoms with E-state index in [9.17, 15) is 9.59 Å². The molecule has 0 bridgehead atoms. The van der Waals surface area contributed by atoms with E-state index in [4.69, 9.17) is 4.74 Å². The first-order valence-corrected chi connectivity index (χ1v) is 9.87. The second-order valence-corrected chi connectivity index (χ2v) is 8.46. The average molecular weight is 371 g/mol. The summed E-state index contributed by atoms with van der Waals surface area (Å²) in [6.45, 7) is 7.35. The van der Waals surface area contributed by atoms with E-state index in [-0.39, 0.29) is 23.5 Å². The summed E-state index contributed by atoms with van der Waals surface area (Å²) in [4.78, 5) is 29.1. The molecule has 4 rings (SSSR count). The van der Waals surface area contributed by atoms with E-state index in [1.807, 2.05) is 30.0 Å². The third-order valence-electron chi connectivity index (χ3n) is 6.22. The predicted octanol–water partition coefficient (Wildman–Crippen LogP) is 1.35. The van der Waals surface area contributed by atoms with Crippen LogP contribution in [-0.2, 0) is 9.53 Å². The van der Waals surface area contributed by atoms with Crippen LogP contribution in [0.1, 0.15) is 34.3 Å². The molecule has 2 heterocycles. The number of likely N-dealkylation sites (N-methyl/N-ethyl adjacent to an activating group) is 1. The molecule has 1 aromatic rings. The maximum atomic E-state index is 12.8. The van der Waals surface area contributed by atoms with Gasteiger partial charge in [-0.15, -0.1) is 0 Å². The fourth-order valence-corrected chi connectivity index (χ4v) is 4.16. The Balaban J connectivity index is 1.41. The molecule has 3 fully saturated rings. The number of rotatable bonds is 4. The smallest absolute Gasteiger partial charge is 0.254 e. The van der Waals surface area contributed by atoms with Gasteiger partial charge in [0, 0.05) is 25.7 Å². The van der Waals surface area contributed by atoms with E-state index in [1.54, 1.807) is 7.05 Å². The quantitative estimate of drug-likeness (QED) is 0.868. The molecular weight excluding hydrogens is 342 g/mol. The molecule has 1 saturated carbocycles. The SMILES string of the molecule is CNC(=O)[C@@H]1COC2(CN(C(=O)c3ccc(C)c(C)c3)C2)CN1CC1CC1. The molecule has 1 spiro atoms. The van der Waals surface area contributed by atoms with Gasteiger partial charge in [0.05, 0.1) is 19.7 Å². The van der Waals surface area contributed by atoms with Crippen LogP contribution in [0.2, 0.25) is 0 Å². The van der Waals surface area contributed by atoms with Crippen LogP contribution < -0.4 is 5.32 Å². The van der Waals surface area contributed by atoms with Gasteiger partial charge in [0.1, 0.15) is 11.6 Å². The Morgan fingerprint density at radius 3 is 2.56 bits per heavy atom. The van der Waals surface area contributed by atoms with Gasteiger partial charge >= 0.3 is 0 Å². The number of aryl methyl sites for hydroxylation is 2. The Morgan fingerprint density at radius 1 is 1.19 bits per heavy atom. The molecule has 2 aliphatic heterocycles. The van der Waals surface area contributed by atoms with Gasteiger partial charge in [-0.3, -0.25) is 14.5 Å². The zero-order valence-corrected chi connectivity index (χ0v) is 16.5. The number of carbonyl (C=O) groups is 2. The molecule has 0 unspecified atom stereocenters. The van der Waals surface area contributed by atoms with E-state index in [0.29, 0.717) is 25.6 Å². The van der Waals surface area contributed by atoms with Gasteiger partial charge < -0.3 is 15.0 Å². The number of likely N-dealkylation sites (tertiary alicyclic amines) is 1. The average Bonchev–Trinajstić information content (AvgIpc) is 3.44. The maximum absolute atomic E-state index is 12.8. The summed E-state index contributed by atoms with van der Waals surface area (Å²) in [5.41, 5.74) is 2.74. The third kappa shape index (κ3) is 3.60. The standard InChI is InChI=1S/C21H29N3O3/c1-14-4-7-17(8-15(14)2)20(26)24-12-21(13-24)11-23(9-16-5-6-16)18(10-27-21)19(25)22-3/h4,7-8,16,18H,5-6,9-13H2,1-3H3,(H,22,25)/t18-/m0/s1. The lowest BCUT2D eigenvalue weighted by Crippen LogP contribution is -2.73. The highest BCUT2D eigenvalue weighted by Crippen LogP contribution is 2.36. The van der Waals surface area contributed by atoms with Crippen LogP contribution in [0.4, 0.5) is 0 Å². The monoisotopic (exact) mass is 371 g/mol. The zero-order valence-electron chi connectivity index (χ0n) is 16.5. The van der Waals surface area contributed by atoms with Crippen molar-refractivity contribution in [2.45, 2.75) is 38.3 Å². The number of hydrogen-bond donors (Lipinski definition) is 1. The molecule has 2 amide bonds. The van der Waals surface area contributed by atoms with Crippen molar-refractivity contribution in [2.75, 3.05) is 39.8 Å². The topological polar surface area (TPSA) is 61.9 Å². The minimum absolute atomic E-state index is 0.0212. The largest absolute Gasteiger partial charge is 0.368 e. The van der Waals surface area contributed by atoms with Gasteiger partial charge in [0.25, 0.3) is 5.91 Å². The number of benzene rings is 1. The van der Waals surface area contributed by atoms with Crippen LogP contribution in [0.25, 0.3) is 0 Å². The molecule has 1 N–H and O–H groups in total. The van der Waals surface area contributed by atoms with Crippen LogP contribution in [0, 0.1) is 19.8 Å². The molecule has 3 aliphatic rings. The number of morpholine rings is 1. The van der Waals surface area contributed by atoms with Crippen molar-refractivity contribution in [2.24, 2.45) is 5.92 Å². The number of ether oxygens (including phenoxy) is 1. The van der Waals surface area contributed by atoms with Gasteiger partial charge in [-0.2, -0.15) is 0 Å². The molecule has 1 atom stereocenters. The summed E-state index contributed by atoms with van der Waals surface area (Å²) in [5, 5.41) is 2.75. The van der Waals surface area contributed by atoms with Crippen LogP contribution in [0.15, 0.2) is 18.2 Å². The van der Waals surface area contributed by atoms with Crippen molar-refractivity contribution in [1.29, 1.82) is 0 Å². The second-order valence-electron chi connectivity index (χ2n) is 8.46. The zero-order chi connectivity index (χ0) is 19.2. The van der Waals surface area contributed by atoms with E-state index in [1.165, 1.54) is 18.4 Å². The Morgan fingerprint density at radius 2 is 1.93 bits per heavy atom. The van der Waals surface area contributed by atoms with Crippen molar-refractivity contribution in [3.05, 3.63) is 34.9 Å². The highest BCUT2D eigenvalue weighted by atomic mass is 16.5. The molecule has 1 aliphatic carbocycles. The molecular formula is C21H29N3O3. The molecule has 0 radical (unpaired) electrons. The van der Waals surface area contributed by atoms with E-state index < -0.39 is 0 Å². The molecule has 1 aromatic carbocycles. The van der Waals surface area contributed by atoms with Gasteiger partial charge in [-0.05, 0) is 55.9 Å². The first-order valence-electron chi connectivity index (χ1n) is 9.87. The first kappa shape index (κ1) is 18.4. The minimum Gasteiger partial charge on any atom is -0.368 e. The van der Waals surface area contributed by atoms with Crippen LogP contribution in [0.5, 0.6) is 0 Å². The van der Waals surface area contributed by atoms with Crippen LogP contribution >= 0.6 is 0 Å². The van der Waals surface area contributed by atoms with E-state index in [0.717, 1.165) is 24.2 Å². The molecule has 6 heteroatoms. The molecule has 146 valence electrons. The fraction of sp³-hybridized carbons (Fsp3) is 0.619. The van der Waals surface area contributed by atoms with Crippen molar-refractivity contribution in [3.8, 4) is 0 Å². The summed E-state index contributed by atoms with van der Waals surface area (Å²) in [5.74, 6) is 0.794. The minimum atomic E-state index is -0.325. The van der Waals surface area contributed by atoms with Gasteiger partial charge in [0.15, 0.2) is 0 Å². The van der Waals surface area contributed by atoms with Gasteiger partial charge in [-0.1, -0.05) is 6.07 Å². The second kappa shape index (κ2) is 6.91. The normalized spacial score (nSPS) is 24.6. The lowest BCUT2D eigenvalue weighted by atomic mass is 9.89. The summed E-state index contributed by atoms with van der Waals surface area (Å²) >= 11 is 0. The van der Waals surface area contributed by atoms with E-state index >= 15 is 0 Å². The number of carbonyl (C=O) groups excluding carboxylic acids is 2. The summed E-state index contributed by atoms with van der Waals surface area (Å²) in [6.07, 6.45) is 2.50. The highest BCUT2D eigenvalue weighted by Gasteiger charge is 2.52. The number of nitrogens with one attached hydrogen (secondary N) is 1. The lowest BCUT2D eigenvalue weighted by Gasteiger charge is -2.55. The van der Waals surface area contributed by atoms with Gasteiger partial charge in [0.2, 0.25) is 5.91 Å². The molecule has 6 nitrogen and oxygen atoms in total. The first-order chi connectivity index (χ1) is 12.9. The third-order valence-corrected chi connectivity index (χ3v) is 6.22. The lowest BCUT2D eigenvalue weighted by molar-refractivity contribution is -0.191. The van der Waals surface area contributed by atoms with Crippen molar-refractivity contribution in [3.63, 3.8) is 0 Å². The fourth-order valence-electron chi connectivity index (χ4n) is 4.16. The summed E-state index contributed by atoms with van der Waals surface area (Å²) in [7, 11) is 1.68. The Bertz CT molecular complexity index is 753. The molecule has 27 heavy (non-hydrogen) atoms. The van der Waals surface area contributed by atoms with Crippen LogP contribution in [-0.4, -0.2) is 73.1 Å². The number of hydrogen-bond acceptors (Lipinski definition) is 4. The highest BCUT2D eigenvalue weighted by molar-refractivity contribution is 5.95. The Hall–Kier alpha value is -1.92. The van der Waals surface area contributed by atoms with E-state index in [2.05, 4.69) is 17.1 Å².